The predicted octanol–water partition coefficient (Wildman–Crippen LogP) is 2.46. The minimum absolute atomic E-state index is 0.145. The average molecular weight is 233 g/mol. The number of nitrogens with zero attached hydrogens (tertiary/aromatic N) is 2. The second-order valence-electron chi connectivity index (χ2n) is 3.78. The van der Waals surface area contributed by atoms with Crippen molar-refractivity contribution in [2.75, 3.05) is 7.05 Å². The molecule has 0 amide bonds. The van der Waals surface area contributed by atoms with E-state index in [1.165, 1.54) is 0 Å². The largest absolute Gasteiger partial charge is 0.307 e. The molecule has 3 nitrogen and oxygen atoms in total. The molecule has 0 aliphatic heterocycles. The molecule has 0 aromatic carbocycles. The Morgan fingerprint density at radius 1 is 1.25 bits per heavy atom. The number of aryl methyl sites for hydroxylation is 2. The molecule has 4 heteroatoms. The number of rotatable bonds is 3. The Labute approximate surface area is 99.6 Å². The molecule has 0 saturated heterocycles. The Morgan fingerprint density at radius 3 is 2.56 bits per heavy atom. The number of aromatic nitrogens is 2. The zero-order valence-electron chi connectivity index (χ0n) is 9.69. The van der Waals surface area contributed by atoms with Crippen molar-refractivity contribution in [3.8, 4) is 0 Å². The number of thiazole rings is 1. The van der Waals surface area contributed by atoms with E-state index in [0.29, 0.717) is 0 Å². The number of nitrogens with one attached hydrogen (secondary N) is 1. The topological polar surface area (TPSA) is 37.8 Å². The molecule has 0 aliphatic rings. The van der Waals surface area contributed by atoms with E-state index in [2.05, 4.69) is 26.7 Å². The lowest BCUT2D eigenvalue weighted by Crippen LogP contribution is -2.17. The fourth-order valence-electron chi connectivity index (χ4n) is 1.59. The van der Waals surface area contributed by atoms with Gasteiger partial charge >= 0.3 is 0 Å². The van der Waals surface area contributed by atoms with Gasteiger partial charge in [-0.3, -0.25) is 4.98 Å². The SMILES string of the molecule is CNC(c1ccc(C)nc1)c1nc(C)cs1. The molecule has 0 bridgehead atoms. The minimum atomic E-state index is 0.145. The van der Waals surface area contributed by atoms with Crippen molar-refractivity contribution in [1.82, 2.24) is 15.3 Å². The van der Waals surface area contributed by atoms with Gasteiger partial charge in [-0.15, -0.1) is 11.3 Å². The first-order valence-corrected chi connectivity index (χ1v) is 6.10. The second kappa shape index (κ2) is 4.72. The monoisotopic (exact) mass is 233 g/mol. The van der Waals surface area contributed by atoms with E-state index >= 15 is 0 Å². The van der Waals surface area contributed by atoms with Gasteiger partial charge in [0.15, 0.2) is 0 Å². The third-order valence-corrected chi connectivity index (χ3v) is 3.47. The summed E-state index contributed by atoms with van der Waals surface area (Å²) in [5.41, 5.74) is 3.26. The first-order valence-electron chi connectivity index (χ1n) is 5.22. The van der Waals surface area contributed by atoms with Gasteiger partial charge in [0.2, 0.25) is 0 Å². The highest BCUT2D eigenvalue weighted by atomic mass is 32.1. The van der Waals surface area contributed by atoms with Crippen LogP contribution in [0.2, 0.25) is 0 Å². The van der Waals surface area contributed by atoms with Crippen LogP contribution in [-0.2, 0) is 0 Å². The van der Waals surface area contributed by atoms with Gasteiger partial charge in [-0.25, -0.2) is 4.98 Å². The normalized spacial score (nSPS) is 12.7. The maximum atomic E-state index is 4.51. The predicted molar refractivity (Wildman–Crippen MR) is 66.7 cm³/mol. The first kappa shape index (κ1) is 11.2. The van der Waals surface area contributed by atoms with E-state index in [1.807, 2.05) is 33.2 Å². The molecule has 2 aromatic rings. The molecule has 1 N–H and O–H groups in total. The molecule has 0 spiro atoms. The highest BCUT2D eigenvalue weighted by molar-refractivity contribution is 7.09. The third-order valence-electron chi connectivity index (χ3n) is 2.44. The molecule has 2 aromatic heterocycles. The van der Waals surface area contributed by atoms with E-state index in [0.717, 1.165) is 22.0 Å². The first-order chi connectivity index (χ1) is 7.70. The van der Waals surface area contributed by atoms with Gasteiger partial charge in [0.1, 0.15) is 5.01 Å². The van der Waals surface area contributed by atoms with Crippen LogP contribution in [-0.4, -0.2) is 17.0 Å². The van der Waals surface area contributed by atoms with Crippen LogP contribution < -0.4 is 5.32 Å². The molecule has 1 atom stereocenters. The molecule has 2 rings (SSSR count). The summed E-state index contributed by atoms with van der Waals surface area (Å²) < 4.78 is 0. The minimum Gasteiger partial charge on any atom is -0.307 e. The van der Waals surface area contributed by atoms with Crippen LogP contribution in [0, 0.1) is 13.8 Å². The summed E-state index contributed by atoms with van der Waals surface area (Å²) in [6, 6.07) is 4.27. The van der Waals surface area contributed by atoms with Crippen molar-refractivity contribution in [1.29, 1.82) is 0 Å². The molecular formula is C12H15N3S. The lowest BCUT2D eigenvalue weighted by molar-refractivity contribution is 0.681. The van der Waals surface area contributed by atoms with Crippen LogP contribution in [0.1, 0.15) is 28.0 Å². The zero-order chi connectivity index (χ0) is 11.5. The van der Waals surface area contributed by atoms with Gasteiger partial charge in [0, 0.05) is 23.0 Å². The van der Waals surface area contributed by atoms with Gasteiger partial charge in [-0.1, -0.05) is 6.07 Å². The Kier molecular flexibility index (Phi) is 3.31. The van der Waals surface area contributed by atoms with Crippen molar-refractivity contribution in [3.63, 3.8) is 0 Å². The quantitative estimate of drug-likeness (QED) is 0.885. The Balaban J connectivity index is 2.32. The molecular weight excluding hydrogens is 218 g/mol. The van der Waals surface area contributed by atoms with Crippen molar-refractivity contribution in [2.24, 2.45) is 0 Å². The average Bonchev–Trinajstić information content (AvgIpc) is 2.69. The molecule has 0 radical (unpaired) electrons. The fourth-order valence-corrected chi connectivity index (χ4v) is 2.52. The van der Waals surface area contributed by atoms with Gasteiger partial charge in [-0.2, -0.15) is 0 Å². The Bertz CT molecular complexity index is 461. The van der Waals surface area contributed by atoms with Crippen LogP contribution in [0.4, 0.5) is 0 Å². The molecule has 84 valence electrons. The summed E-state index contributed by atoms with van der Waals surface area (Å²) in [4.78, 5) is 8.83. The third kappa shape index (κ3) is 2.28. The summed E-state index contributed by atoms with van der Waals surface area (Å²) in [6.07, 6.45) is 1.91. The molecule has 0 saturated carbocycles. The van der Waals surface area contributed by atoms with Crippen LogP contribution in [0.5, 0.6) is 0 Å². The van der Waals surface area contributed by atoms with Crippen LogP contribution in [0.3, 0.4) is 0 Å². The van der Waals surface area contributed by atoms with Gasteiger partial charge in [0.05, 0.1) is 6.04 Å². The number of hydrogen-bond donors (Lipinski definition) is 1. The van der Waals surface area contributed by atoms with Crippen molar-refractivity contribution in [3.05, 3.63) is 45.7 Å². The van der Waals surface area contributed by atoms with E-state index in [1.54, 1.807) is 11.3 Å². The van der Waals surface area contributed by atoms with Gasteiger partial charge < -0.3 is 5.32 Å². The molecule has 0 fully saturated rings. The van der Waals surface area contributed by atoms with Crippen LogP contribution >= 0.6 is 11.3 Å². The molecule has 1 unspecified atom stereocenters. The summed E-state index contributed by atoms with van der Waals surface area (Å²) >= 11 is 1.68. The summed E-state index contributed by atoms with van der Waals surface area (Å²) in [7, 11) is 1.95. The Hall–Kier alpha value is -1.26. The van der Waals surface area contributed by atoms with Crippen molar-refractivity contribution < 1.29 is 0 Å². The smallest absolute Gasteiger partial charge is 0.114 e. The van der Waals surface area contributed by atoms with Gasteiger partial charge in [-0.05, 0) is 32.5 Å². The highest BCUT2D eigenvalue weighted by Gasteiger charge is 2.15. The lowest BCUT2D eigenvalue weighted by Gasteiger charge is -2.13. The van der Waals surface area contributed by atoms with E-state index < -0.39 is 0 Å². The van der Waals surface area contributed by atoms with Crippen molar-refractivity contribution in [2.45, 2.75) is 19.9 Å². The number of pyridine rings is 1. The van der Waals surface area contributed by atoms with E-state index in [4.69, 9.17) is 0 Å². The van der Waals surface area contributed by atoms with E-state index in [-0.39, 0.29) is 6.04 Å². The fraction of sp³-hybridized carbons (Fsp3) is 0.333. The summed E-state index contributed by atoms with van der Waals surface area (Å²) in [5.74, 6) is 0. The lowest BCUT2D eigenvalue weighted by atomic mass is 10.1. The van der Waals surface area contributed by atoms with Crippen LogP contribution in [0.15, 0.2) is 23.7 Å². The van der Waals surface area contributed by atoms with Crippen LogP contribution in [0.25, 0.3) is 0 Å². The zero-order valence-corrected chi connectivity index (χ0v) is 10.5. The molecule has 0 aliphatic carbocycles. The highest BCUT2D eigenvalue weighted by Crippen LogP contribution is 2.24. The molecule has 16 heavy (non-hydrogen) atoms. The van der Waals surface area contributed by atoms with E-state index in [9.17, 15) is 0 Å². The summed E-state index contributed by atoms with van der Waals surface area (Å²) in [5, 5.41) is 6.43. The van der Waals surface area contributed by atoms with Gasteiger partial charge in [0.25, 0.3) is 0 Å². The summed E-state index contributed by atoms with van der Waals surface area (Å²) in [6.45, 7) is 4.01. The molecule has 2 heterocycles. The maximum Gasteiger partial charge on any atom is 0.114 e. The second-order valence-corrected chi connectivity index (χ2v) is 4.67. The standard InChI is InChI=1S/C12H15N3S/c1-8-4-5-10(6-14-8)11(13-3)12-15-9(2)7-16-12/h4-7,11,13H,1-3H3. The number of hydrogen-bond acceptors (Lipinski definition) is 4. The maximum absolute atomic E-state index is 4.51. The van der Waals surface area contributed by atoms with Crippen molar-refractivity contribution >= 4 is 11.3 Å². The Morgan fingerprint density at radius 2 is 2.06 bits per heavy atom.